The number of rotatable bonds is 9. The average Bonchev–Trinajstić information content (AvgIpc) is 2.89. The van der Waals surface area contributed by atoms with Crippen LogP contribution < -0.4 is 14.8 Å². The highest BCUT2D eigenvalue weighted by atomic mass is 16.5. The van der Waals surface area contributed by atoms with Gasteiger partial charge in [0.15, 0.2) is 12.4 Å². The molecular formula is C27H23N3O4. The van der Waals surface area contributed by atoms with E-state index in [2.05, 4.69) is 15.5 Å². The smallest absolute Gasteiger partial charge is 0.262 e. The summed E-state index contributed by atoms with van der Waals surface area (Å²) < 4.78 is 10.9. The van der Waals surface area contributed by atoms with Crippen molar-refractivity contribution in [3.05, 3.63) is 102 Å². The van der Waals surface area contributed by atoms with Crippen molar-refractivity contribution >= 4 is 17.4 Å². The predicted octanol–water partition coefficient (Wildman–Crippen LogP) is 4.79. The molecule has 0 fully saturated rings. The summed E-state index contributed by atoms with van der Waals surface area (Å²) in [4.78, 5) is 24.9. The molecule has 0 aliphatic rings. The van der Waals surface area contributed by atoms with Gasteiger partial charge < -0.3 is 14.8 Å². The highest BCUT2D eigenvalue weighted by molar-refractivity contribution is 6.09. The molecule has 1 heterocycles. The van der Waals surface area contributed by atoms with Gasteiger partial charge in [-0.25, -0.2) is 0 Å². The second kappa shape index (κ2) is 10.9. The summed E-state index contributed by atoms with van der Waals surface area (Å²) >= 11 is 0. The predicted molar refractivity (Wildman–Crippen MR) is 129 cm³/mol. The normalized spacial score (nSPS) is 10.4. The quantitative estimate of drug-likeness (QED) is 0.367. The van der Waals surface area contributed by atoms with Crippen LogP contribution in [0.2, 0.25) is 0 Å². The van der Waals surface area contributed by atoms with E-state index in [0.29, 0.717) is 40.7 Å². The molecule has 1 amide bonds. The van der Waals surface area contributed by atoms with Gasteiger partial charge in [0, 0.05) is 28.4 Å². The third-order valence-electron chi connectivity index (χ3n) is 4.90. The molecule has 7 heteroatoms. The minimum Gasteiger partial charge on any atom is -0.484 e. The zero-order valence-corrected chi connectivity index (χ0v) is 18.6. The van der Waals surface area contributed by atoms with Gasteiger partial charge in [-0.05, 0) is 49.4 Å². The number of hydrogen-bond acceptors (Lipinski definition) is 6. The van der Waals surface area contributed by atoms with E-state index in [0.717, 1.165) is 5.56 Å². The molecule has 7 nitrogen and oxygen atoms in total. The number of carbonyl (C=O) groups is 2. The molecule has 4 aromatic rings. The van der Waals surface area contributed by atoms with Crippen molar-refractivity contribution in [2.45, 2.75) is 6.92 Å². The van der Waals surface area contributed by atoms with Crippen molar-refractivity contribution in [2.24, 2.45) is 0 Å². The van der Waals surface area contributed by atoms with Crippen molar-refractivity contribution in [2.75, 3.05) is 18.5 Å². The summed E-state index contributed by atoms with van der Waals surface area (Å²) in [5.74, 6) is 0.588. The number of hydrogen-bond donors (Lipinski definition) is 1. The van der Waals surface area contributed by atoms with E-state index >= 15 is 0 Å². The van der Waals surface area contributed by atoms with Crippen molar-refractivity contribution in [1.29, 1.82) is 0 Å². The third-order valence-corrected chi connectivity index (χ3v) is 4.90. The second-order valence-corrected chi connectivity index (χ2v) is 7.33. The van der Waals surface area contributed by atoms with Gasteiger partial charge in [0.2, 0.25) is 5.88 Å². The lowest BCUT2D eigenvalue weighted by molar-refractivity contribution is -0.118. The lowest BCUT2D eigenvalue weighted by Gasteiger charge is -2.09. The van der Waals surface area contributed by atoms with Crippen molar-refractivity contribution in [3.63, 3.8) is 0 Å². The van der Waals surface area contributed by atoms with Gasteiger partial charge >= 0.3 is 0 Å². The van der Waals surface area contributed by atoms with E-state index in [1.807, 2.05) is 49.4 Å². The Bertz CT molecular complexity index is 1260. The number of ketones is 1. The molecule has 0 atom stereocenters. The van der Waals surface area contributed by atoms with Crippen LogP contribution in [0.5, 0.6) is 11.6 Å². The topological polar surface area (TPSA) is 90.4 Å². The number of nitrogens with zero attached hydrogens (tertiary/aromatic N) is 2. The van der Waals surface area contributed by atoms with Crippen LogP contribution >= 0.6 is 0 Å². The minimum absolute atomic E-state index is 0.0676. The molecule has 1 N–H and O–H groups in total. The van der Waals surface area contributed by atoms with Crippen LogP contribution in [-0.2, 0) is 4.79 Å². The average molecular weight is 453 g/mol. The van der Waals surface area contributed by atoms with Crippen molar-refractivity contribution in [3.8, 4) is 22.9 Å². The largest absolute Gasteiger partial charge is 0.484 e. The molecule has 1 aromatic heterocycles. The fraction of sp³-hybridized carbons (Fsp3) is 0.111. The molecule has 0 aliphatic carbocycles. The molecule has 3 aromatic carbocycles. The zero-order chi connectivity index (χ0) is 23.8. The first-order valence-corrected chi connectivity index (χ1v) is 10.8. The summed E-state index contributed by atoms with van der Waals surface area (Å²) in [6, 6.07) is 26.7. The molecule has 4 rings (SSSR count). The van der Waals surface area contributed by atoms with E-state index in [9.17, 15) is 9.59 Å². The molecule has 0 spiro atoms. The van der Waals surface area contributed by atoms with Gasteiger partial charge in [-0.3, -0.25) is 9.59 Å². The first-order chi connectivity index (χ1) is 16.6. The first kappa shape index (κ1) is 22.7. The van der Waals surface area contributed by atoms with Crippen LogP contribution in [0.25, 0.3) is 11.3 Å². The second-order valence-electron chi connectivity index (χ2n) is 7.33. The molecule has 170 valence electrons. The van der Waals surface area contributed by atoms with E-state index in [1.54, 1.807) is 48.5 Å². The van der Waals surface area contributed by atoms with Crippen LogP contribution in [0.4, 0.5) is 5.69 Å². The van der Waals surface area contributed by atoms with E-state index in [1.165, 1.54) is 0 Å². The Kier molecular flexibility index (Phi) is 7.25. The standard InChI is InChI=1S/C27H23N3O4/c1-2-33-26-16-15-24(29-30-26)21-9-6-10-22(17-21)28-25(31)18-34-23-13-11-20(12-14-23)27(32)19-7-4-3-5-8-19/h3-17H,2,18H2,1H3,(H,28,31). The summed E-state index contributed by atoms with van der Waals surface area (Å²) in [5, 5.41) is 11.0. The Morgan fingerprint density at radius 3 is 2.26 bits per heavy atom. The van der Waals surface area contributed by atoms with Crippen LogP contribution in [0.3, 0.4) is 0 Å². The van der Waals surface area contributed by atoms with Crippen LogP contribution in [0.1, 0.15) is 22.8 Å². The van der Waals surface area contributed by atoms with Gasteiger partial charge in [0.05, 0.1) is 12.3 Å². The highest BCUT2D eigenvalue weighted by Crippen LogP contribution is 2.22. The fourth-order valence-corrected chi connectivity index (χ4v) is 3.26. The number of nitrogens with one attached hydrogen (secondary N) is 1. The Morgan fingerprint density at radius 2 is 1.56 bits per heavy atom. The molecular weight excluding hydrogens is 430 g/mol. The van der Waals surface area contributed by atoms with Gasteiger partial charge in [-0.2, -0.15) is 0 Å². The number of amides is 1. The van der Waals surface area contributed by atoms with Crippen LogP contribution in [0.15, 0.2) is 91.0 Å². The minimum atomic E-state index is -0.306. The number of benzene rings is 3. The Balaban J connectivity index is 1.32. The Labute approximate surface area is 197 Å². The molecule has 34 heavy (non-hydrogen) atoms. The zero-order valence-electron chi connectivity index (χ0n) is 18.6. The number of ether oxygens (including phenoxy) is 2. The van der Waals surface area contributed by atoms with Gasteiger partial charge in [-0.15, -0.1) is 10.2 Å². The molecule has 0 saturated carbocycles. The molecule has 0 bridgehead atoms. The van der Waals surface area contributed by atoms with E-state index < -0.39 is 0 Å². The summed E-state index contributed by atoms with van der Waals surface area (Å²) in [6.07, 6.45) is 0. The van der Waals surface area contributed by atoms with Gasteiger partial charge in [0.1, 0.15) is 5.75 Å². The Hall–Kier alpha value is -4.52. The third kappa shape index (κ3) is 5.83. The van der Waals surface area contributed by atoms with Crippen LogP contribution in [-0.4, -0.2) is 35.1 Å². The maximum absolute atomic E-state index is 12.5. The monoisotopic (exact) mass is 453 g/mol. The van der Waals surface area contributed by atoms with Gasteiger partial charge in [0.25, 0.3) is 5.91 Å². The van der Waals surface area contributed by atoms with E-state index in [-0.39, 0.29) is 18.3 Å². The first-order valence-electron chi connectivity index (χ1n) is 10.8. The van der Waals surface area contributed by atoms with Crippen LogP contribution in [0, 0.1) is 0 Å². The fourth-order valence-electron chi connectivity index (χ4n) is 3.26. The summed E-state index contributed by atoms with van der Waals surface area (Å²) in [5.41, 5.74) is 3.27. The van der Waals surface area contributed by atoms with Crippen molar-refractivity contribution < 1.29 is 19.1 Å². The number of aromatic nitrogens is 2. The van der Waals surface area contributed by atoms with Crippen molar-refractivity contribution in [1.82, 2.24) is 10.2 Å². The lowest BCUT2D eigenvalue weighted by atomic mass is 10.0. The van der Waals surface area contributed by atoms with E-state index in [4.69, 9.17) is 9.47 Å². The maximum atomic E-state index is 12.5. The molecule has 0 saturated heterocycles. The summed E-state index contributed by atoms with van der Waals surface area (Å²) in [6.45, 7) is 2.24. The number of anilines is 1. The molecule has 0 aliphatic heterocycles. The lowest BCUT2D eigenvalue weighted by Crippen LogP contribution is -2.20. The van der Waals surface area contributed by atoms with Gasteiger partial charge in [-0.1, -0.05) is 42.5 Å². The summed E-state index contributed by atoms with van der Waals surface area (Å²) in [7, 11) is 0. The SMILES string of the molecule is CCOc1ccc(-c2cccc(NC(=O)COc3ccc(C(=O)c4ccccc4)cc3)c2)nn1. The molecule has 0 radical (unpaired) electrons. The highest BCUT2D eigenvalue weighted by Gasteiger charge is 2.10. The number of carbonyl (C=O) groups excluding carboxylic acids is 2. The maximum Gasteiger partial charge on any atom is 0.262 e. The Morgan fingerprint density at radius 1 is 0.794 bits per heavy atom. The molecule has 0 unspecified atom stereocenters.